The van der Waals surface area contributed by atoms with Gasteiger partial charge in [0.15, 0.2) is 0 Å². The van der Waals surface area contributed by atoms with Crippen LogP contribution in [0.1, 0.15) is 38.5 Å². The molecule has 0 heterocycles. The molecule has 5 nitrogen and oxygen atoms in total. The van der Waals surface area contributed by atoms with Crippen molar-refractivity contribution in [1.29, 1.82) is 0 Å². The van der Waals surface area contributed by atoms with Gasteiger partial charge in [0.2, 0.25) is 0 Å². The Kier molecular flexibility index (Phi) is 6.23. The van der Waals surface area contributed by atoms with Crippen LogP contribution >= 0.6 is 0 Å². The number of esters is 1. The van der Waals surface area contributed by atoms with Gasteiger partial charge in [0.05, 0.1) is 19.2 Å². The molecular weight excluding hydrogens is 402 g/mol. The van der Waals surface area contributed by atoms with Crippen LogP contribution in [0, 0.1) is 18.8 Å². The fraction of sp³-hybridized carbons (Fsp3) is 0.185. The number of rotatable bonds is 4. The molecule has 1 N–H and O–H groups in total. The second kappa shape index (κ2) is 9.40. The van der Waals surface area contributed by atoms with Crippen molar-refractivity contribution in [2.24, 2.45) is 0 Å². The first-order valence-electron chi connectivity index (χ1n) is 10.3. The molecule has 0 aliphatic heterocycles. The molecule has 5 heteroatoms. The number of hydrogen-bond acceptors (Lipinski definition) is 4. The van der Waals surface area contributed by atoms with Crippen molar-refractivity contribution >= 4 is 12.1 Å². The van der Waals surface area contributed by atoms with E-state index in [1.165, 1.54) is 29.4 Å². The van der Waals surface area contributed by atoms with Gasteiger partial charge in [-0.1, -0.05) is 66.4 Å². The number of methoxy groups -OCH3 is 1. The number of aryl methyl sites for hydroxylation is 1. The quantitative estimate of drug-likeness (QED) is 0.487. The van der Waals surface area contributed by atoms with E-state index in [1.807, 2.05) is 43.3 Å². The van der Waals surface area contributed by atoms with Gasteiger partial charge < -0.3 is 14.8 Å². The molecule has 160 valence electrons. The predicted molar refractivity (Wildman–Crippen MR) is 122 cm³/mol. The van der Waals surface area contributed by atoms with Crippen molar-refractivity contribution in [3.05, 3.63) is 94.5 Å². The first-order valence-corrected chi connectivity index (χ1v) is 10.3. The van der Waals surface area contributed by atoms with Crippen LogP contribution < -0.4 is 5.32 Å². The van der Waals surface area contributed by atoms with E-state index in [0.29, 0.717) is 11.1 Å². The van der Waals surface area contributed by atoms with Crippen LogP contribution in [-0.4, -0.2) is 32.3 Å². The number of benzene rings is 3. The van der Waals surface area contributed by atoms with Gasteiger partial charge in [0, 0.05) is 11.5 Å². The van der Waals surface area contributed by atoms with E-state index in [4.69, 9.17) is 9.47 Å². The van der Waals surface area contributed by atoms with Crippen molar-refractivity contribution in [2.45, 2.75) is 12.8 Å². The number of ether oxygens (including phenoxy) is 2. The van der Waals surface area contributed by atoms with E-state index in [1.54, 1.807) is 6.07 Å². The van der Waals surface area contributed by atoms with Crippen LogP contribution in [0.4, 0.5) is 4.79 Å². The Labute approximate surface area is 187 Å². The van der Waals surface area contributed by atoms with Gasteiger partial charge in [0.25, 0.3) is 0 Å². The highest BCUT2D eigenvalue weighted by Crippen LogP contribution is 2.44. The van der Waals surface area contributed by atoms with Crippen molar-refractivity contribution in [3.8, 4) is 23.0 Å². The van der Waals surface area contributed by atoms with Crippen LogP contribution in [-0.2, 0) is 9.47 Å². The predicted octanol–water partition coefficient (Wildman–Crippen LogP) is 4.67. The standard InChI is InChI=1S/C27H23NO4/c1-18-13-14-19(16-24(18)26(29)31-2)8-7-15-28-27(30)32-17-25-22-11-5-3-9-20(22)21-10-4-6-12-23(21)25/h3-6,9-14,16,25H,15,17H2,1-2H3,(H,28,30). The molecule has 1 amide bonds. The van der Waals surface area contributed by atoms with Gasteiger partial charge in [0.1, 0.15) is 6.61 Å². The molecule has 1 aliphatic rings. The molecule has 3 aromatic carbocycles. The van der Waals surface area contributed by atoms with Gasteiger partial charge in [-0.25, -0.2) is 9.59 Å². The average molecular weight is 425 g/mol. The molecule has 32 heavy (non-hydrogen) atoms. The lowest BCUT2D eigenvalue weighted by atomic mass is 9.98. The number of carbonyl (C=O) groups excluding carboxylic acids is 2. The minimum Gasteiger partial charge on any atom is -0.465 e. The highest BCUT2D eigenvalue weighted by Gasteiger charge is 2.28. The van der Waals surface area contributed by atoms with Gasteiger partial charge in [-0.2, -0.15) is 0 Å². The summed E-state index contributed by atoms with van der Waals surface area (Å²) in [6.45, 7) is 2.23. The van der Waals surface area contributed by atoms with Crippen molar-refractivity contribution in [3.63, 3.8) is 0 Å². The Balaban J connectivity index is 1.34. The zero-order valence-electron chi connectivity index (χ0n) is 18.0. The van der Waals surface area contributed by atoms with Crippen LogP contribution in [0.15, 0.2) is 66.7 Å². The highest BCUT2D eigenvalue weighted by molar-refractivity contribution is 5.91. The minimum atomic E-state index is -0.514. The van der Waals surface area contributed by atoms with E-state index in [9.17, 15) is 9.59 Å². The molecule has 0 fully saturated rings. The van der Waals surface area contributed by atoms with Crippen LogP contribution in [0.3, 0.4) is 0 Å². The molecular formula is C27H23NO4. The molecule has 0 aromatic heterocycles. The van der Waals surface area contributed by atoms with Crippen LogP contribution in [0.2, 0.25) is 0 Å². The number of amides is 1. The summed E-state index contributed by atoms with van der Waals surface area (Å²) in [6.07, 6.45) is -0.514. The minimum absolute atomic E-state index is 0.0172. The monoisotopic (exact) mass is 425 g/mol. The Morgan fingerprint density at radius 2 is 1.62 bits per heavy atom. The Hall–Kier alpha value is -4.04. The summed E-state index contributed by atoms with van der Waals surface area (Å²) < 4.78 is 10.3. The lowest BCUT2D eigenvalue weighted by molar-refractivity contribution is 0.0600. The summed E-state index contributed by atoms with van der Waals surface area (Å²) in [5.41, 5.74) is 6.68. The molecule has 0 saturated heterocycles. The van der Waals surface area contributed by atoms with Gasteiger partial charge in [-0.3, -0.25) is 0 Å². The molecule has 0 atom stereocenters. The number of nitrogens with one attached hydrogen (secondary N) is 1. The number of fused-ring (bicyclic) bond motifs is 3. The fourth-order valence-corrected chi connectivity index (χ4v) is 3.94. The molecule has 1 aliphatic carbocycles. The Morgan fingerprint density at radius 3 is 2.28 bits per heavy atom. The molecule has 3 aromatic rings. The van der Waals surface area contributed by atoms with Crippen LogP contribution in [0.25, 0.3) is 11.1 Å². The number of alkyl carbamates (subject to hydrolysis) is 1. The van der Waals surface area contributed by atoms with E-state index >= 15 is 0 Å². The second-order valence-electron chi connectivity index (χ2n) is 7.50. The number of hydrogen-bond donors (Lipinski definition) is 1. The third-order valence-electron chi connectivity index (χ3n) is 5.54. The van der Waals surface area contributed by atoms with Gasteiger partial charge >= 0.3 is 12.1 Å². The molecule has 0 unspecified atom stereocenters. The average Bonchev–Trinajstić information content (AvgIpc) is 3.14. The SMILES string of the molecule is COC(=O)c1cc(C#CCNC(=O)OCC2c3ccccc3-c3ccccc32)ccc1C. The summed E-state index contributed by atoms with van der Waals surface area (Å²) in [5, 5.41) is 2.66. The first-order chi connectivity index (χ1) is 15.6. The van der Waals surface area contributed by atoms with E-state index in [-0.39, 0.29) is 19.1 Å². The molecule has 4 rings (SSSR count). The largest absolute Gasteiger partial charge is 0.465 e. The lowest BCUT2D eigenvalue weighted by Gasteiger charge is -2.14. The molecule has 0 spiro atoms. The topological polar surface area (TPSA) is 64.6 Å². The Bertz CT molecular complexity index is 1190. The van der Waals surface area contributed by atoms with E-state index in [0.717, 1.165) is 5.56 Å². The van der Waals surface area contributed by atoms with Crippen molar-refractivity contribution in [2.75, 3.05) is 20.3 Å². The molecule has 0 saturated carbocycles. The van der Waals surface area contributed by atoms with Crippen LogP contribution in [0.5, 0.6) is 0 Å². The zero-order chi connectivity index (χ0) is 22.5. The normalized spacial score (nSPS) is 11.6. The Morgan fingerprint density at radius 1 is 0.969 bits per heavy atom. The smallest absolute Gasteiger partial charge is 0.407 e. The van der Waals surface area contributed by atoms with E-state index < -0.39 is 12.1 Å². The third-order valence-corrected chi connectivity index (χ3v) is 5.54. The molecule has 0 bridgehead atoms. The maximum absolute atomic E-state index is 12.2. The van der Waals surface area contributed by atoms with Gasteiger partial charge in [-0.15, -0.1) is 0 Å². The maximum atomic E-state index is 12.2. The summed E-state index contributed by atoms with van der Waals surface area (Å²) in [6, 6.07) is 21.7. The number of carbonyl (C=O) groups is 2. The van der Waals surface area contributed by atoms with Gasteiger partial charge in [-0.05, 0) is 46.9 Å². The fourth-order valence-electron chi connectivity index (χ4n) is 3.94. The summed E-state index contributed by atoms with van der Waals surface area (Å²) in [5.74, 6) is 5.44. The first kappa shape index (κ1) is 21.2. The third kappa shape index (κ3) is 4.35. The molecule has 0 radical (unpaired) electrons. The summed E-state index contributed by atoms with van der Waals surface area (Å²) >= 11 is 0. The van der Waals surface area contributed by atoms with Crippen molar-refractivity contribution in [1.82, 2.24) is 5.32 Å². The van der Waals surface area contributed by atoms with E-state index in [2.05, 4.69) is 41.4 Å². The van der Waals surface area contributed by atoms with Crippen molar-refractivity contribution < 1.29 is 19.1 Å². The lowest BCUT2D eigenvalue weighted by Crippen LogP contribution is -2.26. The zero-order valence-corrected chi connectivity index (χ0v) is 18.0. The maximum Gasteiger partial charge on any atom is 0.407 e. The highest BCUT2D eigenvalue weighted by atomic mass is 16.5. The summed E-state index contributed by atoms with van der Waals surface area (Å²) in [7, 11) is 1.35. The summed E-state index contributed by atoms with van der Waals surface area (Å²) in [4.78, 5) is 24.0. The second-order valence-corrected chi connectivity index (χ2v) is 7.50.